The average Bonchev–Trinajstić information content (AvgIpc) is 2.62. The van der Waals surface area contributed by atoms with Crippen molar-refractivity contribution in [3.05, 3.63) is 0 Å². The monoisotopic (exact) mass is 293 g/mol. The minimum Gasteiger partial charge on any atom is -0.444 e. The maximum Gasteiger partial charge on any atom is 0.410 e. The molecule has 1 atom stereocenters. The minimum atomic E-state index is -1.34. The molecule has 2 fully saturated rings. The van der Waals surface area contributed by atoms with Gasteiger partial charge in [0.15, 0.2) is 10.1 Å². The fourth-order valence-electron chi connectivity index (χ4n) is 2.47. The van der Waals surface area contributed by atoms with E-state index in [0.29, 0.717) is 25.9 Å². The number of halogens is 2. The summed E-state index contributed by atoms with van der Waals surface area (Å²) in [5, 5.41) is 0. The molecule has 1 spiro atoms. The molecule has 0 bridgehead atoms. The molecule has 0 radical (unpaired) electrons. The van der Waals surface area contributed by atoms with Crippen molar-refractivity contribution in [2.75, 3.05) is 13.1 Å². The zero-order valence-electron chi connectivity index (χ0n) is 10.8. The van der Waals surface area contributed by atoms with Crippen LogP contribution in [0.1, 0.15) is 33.6 Å². The van der Waals surface area contributed by atoms with Gasteiger partial charge in [-0.3, -0.25) is 4.79 Å². The summed E-state index contributed by atoms with van der Waals surface area (Å²) in [5.74, 6) is -0.156. The number of likely N-dealkylation sites (tertiary alicyclic amines) is 1. The fraction of sp³-hybridized carbons (Fsp3) is 0.833. The highest BCUT2D eigenvalue weighted by Gasteiger charge is 2.67. The van der Waals surface area contributed by atoms with Crippen molar-refractivity contribution in [3.8, 4) is 0 Å². The van der Waals surface area contributed by atoms with E-state index in [0.717, 1.165) is 0 Å². The molecule has 1 amide bonds. The first-order valence-corrected chi connectivity index (χ1v) is 6.72. The summed E-state index contributed by atoms with van der Waals surface area (Å²) in [6.45, 7) is 6.37. The Balaban J connectivity index is 2.02. The zero-order chi connectivity index (χ0) is 13.8. The van der Waals surface area contributed by atoms with Gasteiger partial charge in [-0.2, -0.15) is 0 Å². The molecule has 2 aliphatic rings. The summed E-state index contributed by atoms with van der Waals surface area (Å²) in [5.41, 5.74) is -1.01. The molecule has 0 aromatic heterocycles. The Hall–Kier alpha value is -0.480. The van der Waals surface area contributed by atoms with E-state index in [9.17, 15) is 9.59 Å². The van der Waals surface area contributed by atoms with Crippen LogP contribution in [0.4, 0.5) is 4.79 Å². The summed E-state index contributed by atoms with van der Waals surface area (Å²) in [6, 6.07) is 0. The van der Waals surface area contributed by atoms with E-state index in [1.54, 1.807) is 4.90 Å². The van der Waals surface area contributed by atoms with Crippen LogP contribution in [-0.2, 0) is 9.53 Å². The van der Waals surface area contributed by atoms with Crippen molar-refractivity contribution < 1.29 is 14.3 Å². The number of ketones is 1. The second-order valence-corrected chi connectivity index (χ2v) is 7.43. The van der Waals surface area contributed by atoms with E-state index in [-0.39, 0.29) is 11.9 Å². The number of rotatable bonds is 0. The standard InChI is InChI=1S/C12H17Cl2NO3/c1-10(2,3)18-9(17)15-5-4-11(7-15)6-8(16)12(11,13)14/h4-7H2,1-3H3/t11-/m1/s1. The Bertz CT molecular complexity index is 403. The number of hydrogen-bond acceptors (Lipinski definition) is 3. The first-order valence-electron chi connectivity index (χ1n) is 5.96. The maximum atomic E-state index is 11.9. The Morgan fingerprint density at radius 1 is 1.39 bits per heavy atom. The third-order valence-corrected chi connectivity index (χ3v) is 4.74. The molecule has 0 aromatic carbocycles. The second kappa shape index (κ2) is 4.01. The lowest BCUT2D eigenvalue weighted by atomic mass is 9.66. The Morgan fingerprint density at radius 2 is 2.00 bits per heavy atom. The molecule has 0 aromatic rings. The van der Waals surface area contributed by atoms with E-state index < -0.39 is 15.3 Å². The van der Waals surface area contributed by atoms with Crippen molar-refractivity contribution in [1.29, 1.82) is 0 Å². The number of nitrogens with zero attached hydrogens (tertiary/aromatic N) is 1. The molecule has 1 saturated carbocycles. The van der Waals surface area contributed by atoms with Crippen molar-refractivity contribution in [2.45, 2.75) is 43.5 Å². The summed E-state index contributed by atoms with van der Waals surface area (Å²) in [6.07, 6.45) is 0.618. The van der Waals surface area contributed by atoms with Crippen molar-refractivity contribution >= 4 is 35.1 Å². The highest BCUT2D eigenvalue weighted by molar-refractivity contribution is 6.61. The van der Waals surface area contributed by atoms with Crippen LogP contribution in [0.15, 0.2) is 0 Å². The lowest BCUT2D eigenvalue weighted by molar-refractivity contribution is -0.133. The molecular formula is C12H17Cl2NO3. The fourth-order valence-corrected chi connectivity index (χ4v) is 3.05. The molecular weight excluding hydrogens is 277 g/mol. The number of alkyl halides is 2. The van der Waals surface area contributed by atoms with E-state index in [4.69, 9.17) is 27.9 Å². The van der Waals surface area contributed by atoms with Gasteiger partial charge in [0.2, 0.25) is 0 Å². The van der Waals surface area contributed by atoms with Crippen LogP contribution < -0.4 is 0 Å². The smallest absolute Gasteiger partial charge is 0.410 e. The number of amides is 1. The zero-order valence-corrected chi connectivity index (χ0v) is 12.3. The van der Waals surface area contributed by atoms with Crippen LogP contribution >= 0.6 is 23.2 Å². The maximum absolute atomic E-state index is 11.9. The van der Waals surface area contributed by atoms with E-state index in [1.807, 2.05) is 20.8 Å². The quantitative estimate of drug-likeness (QED) is 0.645. The van der Waals surface area contributed by atoms with Gasteiger partial charge in [-0.25, -0.2) is 4.79 Å². The molecule has 1 heterocycles. The lowest BCUT2D eigenvalue weighted by Crippen LogP contribution is -2.59. The van der Waals surface area contributed by atoms with Gasteiger partial charge >= 0.3 is 6.09 Å². The topological polar surface area (TPSA) is 46.6 Å². The molecule has 4 nitrogen and oxygen atoms in total. The van der Waals surface area contributed by atoms with Crippen LogP contribution in [0.5, 0.6) is 0 Å². The minimum absolute atomic E-state index is 0.156. The van der Waals surface area contributed by atoms with Gasteiger partial charge in [0, 0.05) is 24.9 Å². The van der Waals surface area contributed by atoms with Gasteiger partial charge in [-0.15, -0.1) is 0 Å². The molecule has 0 N–H and O–H groups in total. The van der Waals surface area contributed by atoms with Gasteiger partial charge in [0.05, 0.1) is 0 Å². The third kappa shape index (κ3) is 2.10. The van der Waals surface area contributed by atoms with E-state index in [1.165, 1.54) is 0 Å². The summed E-state index contributed by atoms with van der Waals surface area (Å²) < 4.78 is 3.95. The van der Waals surface area contributed by atoms with Crippen LogP contribution in [0.25, 0.3) is 0 Å². The predicted molar refractivity (Wildman–Crippen MR) is 68.9 cm³/mol. The summed E-state index contributed by atoms with van der Waals surface area (Å²) >= 11 is 12.1. The highest BCUT2D eigenvalue weighted by Crippen LogP contribution is 2.59. The van der Waals surface area contributed by atoms with Crippen molar-refractivity contribution in [1.82, 2.24) is 4.90 Å². The largest absolute Gasteiger partial charge is 0.444 e. The highest BCUT2D eigenvalue weighted by atomic mass is 35.5. The first kappa shape index (κ1) is 13.9. The summed E-state index contributed by atoms with van der Waals surface area (Å²) in [7, 11) is 0. The Kier molecular flexibility index (Phi) is 3.10. The SMILES string of the molecule is CC(C)(C)OC(=O)N1CC[C@@]2(CC(=O)C2(Cl)Cl)C1. The van der Waals surface area contributed by atoms with Crippen LogP contribution in [0, 0.1) is 5.41 Å². The molecule has 1 aliphatic carbocycles. The van der Waals surface area contributed by atoms with Crippen LogP contribution in [0.2, 0.25) is 0 Å². The normalized spacial score (nSPS) is 30.5. The number of Topliss-reactive ketones (excluding diaryl/α,β-unsaturated/α-hetero) is 1. The number of carbonyl (C=O) groups excluding carboxylic acids is 2. The molecule has 6 heteroatoms. The van der Waals surface area contributed by atoms with Gasteiger partial charge in [-0.1, -0.05) is 23.2 Å². The van der Waals surface area contributed by atoms with Crippen LogP contribution in [0.3, 0.4) is 0 Å². The molecule has 1 saturated heterocycles. The number of carbonyl (C=O) groups is 2. The second-order valence-electron chi connectivity index (χ2n) is 6.11. The Labute approximate surface area is 117 Å². The van der Waals surface area contributed by atoms with Gasteiger partial charge in [-0.05, 0) is 27.2 Å². The lowest BCUT2D eigenvalue weighted by Gasteiger charge is -2.47. The predicted octanol–water partition coefficient (Wildman–Crippen LogP) is 2.76. The number of hydrogen-bond donors (Lipinski definition) is 0. The Morgan fingerprint density at radius 3 is 2.44 bits per heavy atom. The molecule has 2 rings (SSSR count). The van der Waals surface area contributed by atoms with Gasteiger partial charge in [0.25, 0.3) is 0 Å². The van der Waals surface area contributed by atoms with Crippen molar-refractivity contribution in [2.24, 2.45) is 5.41 Å². The molecule has 1 aliphatic heterocycles. The van der Waals surface area contributed by atoms with Crippen LogP contribution in [-0.4, -0.2) is 39.8 Å². The average molecular weight is 294 g/mol. The molecule has 18 heavy (non-hydrogen) atoms. The van der Waals surface area contributed by atoms with E-state index >= 15 is 0 Å². The molecule has 102 valence electrons. The third-order valence-electron chi connectivity index (χ3n) is 3.52. The van der Waals surface area contributed by atoms with E-state index in [2.05, 4.69) is 0 Å². The molecule has 0 unspecified atom stereocenters. The van der Waals surface area contributed by atoms with Crippen molar-refractivity contribution in [3.63, 3.8) is 0 Å². The first-order chi connectivity index (χ1) is 8.07. The number of ether oxygens (including phenoxy) is 1. The van der Waals surface area contributed by atoms with Gasteiger partial charge in [0.1, 0.15) is 5.60 Å². The summed E-state index contributed by atoms with van der Waals surface area (Å²) in [4.78, 5) is 24.9. The van der Waals surface area contributed by atoms with Gasteiger partial charge < -0.3 is 9.64 Å².